The molecule has 0 saturated carbocycles. The maximum atomic E-state index is 9.11. The molecule has 1 N–H and O–H groups in total. The summed E-state index contributed by atoms with van der Waals surface area (Å²) in [7, 11) is 0. The predicted octanol–water partition coefficient (Wildman–Crippen LogP) is -1.47. The summed E-state index contributed by atoms with van der Waals surface area (Å²) in [6.07, 6.45) is 0. The van der Waals surface area contributed by atoms with Gasteiger partial charge in [-0.25, -0.2) is 0 Å². The average molecular weight is 118 g/mol. The van der Waals surface area contributed by atoms with Gasteiger partial charge in [0.05, 0.1) is 0 Å². The summed E-state index contributed by atoms with van der Waals surface area (Å²) < 4.78 is 9.11. The molecule has 0 aliphatic carbocycles. The molecular formula is CH4Al2O3. The molecule has 0 radical (unpaired) electrons. The Bertz CT molecular complexity index is 59.8. The van der Waals surface area contributed by atoms with E-state index in [9.17, 15) is 0 Å². The van der Waals surface area contributed by atoms with Crippen LogP contribution in [0.4, 0.5) is 4.79 Å². The molecule has 0 bridgehead atoms. The summed E-state index contributed by atoms with van der Waals surface area (Å²) >= 11 is -1.60. The van der Waals surface area contributed by atoms with Crippen molar-refractivity contribution in [2.75, 3.05) is 0 Å². The average Bonchev–Trinajstić information content (AvgIpc) is 1.38. The van der Waals surface area contributed by atoms with Gasteiger partial charge >= 0.3 is 33.7 Å². The van der Waals surface area contributed by atoms with Gasteiger partial charge in [0.1, 0.15) is 0 Å². The Labute approximate surface area is 51.4 Å². The van der Waals surface area contributed by atoms with Crippen LogP contribution in [-0.2, 0) is 3.80 Å². The molecule has 3 nitrogen and oxygen atoms in total. The monoisotopic (exact) mass is 118 g/mol. The minimum absolute atomic E-state index is 0. The third kappa shape index (κ3) is 8.84. The van der Waals surface area contributed by atoms with E-state index in [1.807, 2.05) is 0 Å². The zero-order chi connectivity index (χ0) is 4.28. The summed E-state index contributed by atoms with van der Waals surface area (Å²) in [6.45, 7) is 0. The quantitative estimate of drug-likeness (QED) is 0.427. The second-order valence-corrected chi connectivity index (χ2v) is 1.19. The van der Waals surface area contributed by atoms with Crippen LogP contribution < -0.4 is 0 Å². The van der Waals surface area contributed by atoms with E-state index >= 15 is 0 Å². The summed E-state index contributed by atoms with van der Waals surface area (Å²) in [5.74, 6) is 0. The van der Waals surface area contributed by atoms with Gasteiger partial charge < -0.3 is 0 Å². The fourth-order valence-electron chi connectivity index (χ4n) is 0. The standard InChI is InChI=1S/CHO2.2Al.O.3H/c2-1-3;;;;;;/h(H,2,3);;;;;;. The molecule has 0 spiro atoms. The van der Waals surface area contributed by atoms with Crippen LogP contribution >= 0.6 is 0 Å². The third-order valence-corrected chi connectivity index (χ3v) is 0.302. The molecule has 0 aromatic carbocycles. The van der Waals surface area contributed by atoms with Gasteiger partial charge in [-0.15, -0.1) is 0 Å². The fraction of sp³-hybridized carbons (Fsp3) is 0. The zero-order valence-corrected chi connectivity index (χ0v) is 3.50. The van der Waals surface area contributed by atoms with E-state index < -0.39 is 20.0 Å². The van der Waals surface area contributed by atoms with Crippen molar-refractivity contribution >= 4 is 37.3 Å². The normalized spacial score (nSPS) is 4.67. The zero-order valence-electron chi connectivity index (χ0n) is 2.34. The summed E-state index contributed by atoms with van der Waals surface area (Å²) in [5, 5.41) is 7.45. The van der Waals surface area contributed by atoms with E-state index in [0.29, 0.717) is 0 Å². The van der Waals surface area contributed by atoms with Crippen LogP contribution in [0.1, 0.15) is 0 Å². The van der Waals surface area contributed by atoms with E-state index in [1.54, 1.807) is 0 Å². The van der Waals surface area contributed by atoms with Crippen molar-refractivity contribution in [3.05, 3.63) is 0 Å². The van der Waals surface area contributed by atoms with Crippen LogP contribution in [-0.4, -0.2) is 42.5 Å². The Balaban J connectivity index is 0. The molecule has 5 heteroatoms. The SMILES string of the molecule is [AlH3].[O]=[Al][C](=O)O. The number of hydrogen-bond acceptors (Lipinski definition) is 2. The van der Waals surface area contributed by atoms with Crippen LogP contribution in [0, 0.1) is 0 Å². The first-order valence-electron chi connectivity index (χ1n) is 0.952. The van der Waals surface area contributed by atoms with Crippen LogP contribution in [0.25, 0.3) is 0 Å². The minimum atomic E-state index is -1.60. The first-order chi connectivity index (χ1) is 2.27. The van der Waals surface area contributed by atoms with Crippen LogP contribution in [0.15, 0.2) is 0 Å². The molecular weight excluding hydrogens is 114 g/mol. The van der Waals surface area contributed by atoms with Crippen LogP contribution in [0.5, 0.6) is 0 Å². The van der Waals surface area contributed by atoms with Gasteiger partial charge in [-0.05, 0) is 0 Å². The van der Waals surface area contributed by atoms with Gasteiger partial charge in [0.2, 0.25) is 0 Å². The van der Waals surface area contributed by atoms with Crippen molar-refractivity contribution in [1.29, 1.82) is 0 Å². The number of carbonyl (C=O) groups is 1. The number of hydrogen-bond donors (Lipinski definition) is 1. The van der Waals surface area contributed by atoms with Gasteiger partial charge in [-0.3, -0.25) is 0 Å². The molecule has 0 unspecified atom stereocenters. The first-order valence-corrected chi connectivity index (χ1v) is 2.00. The molecule has 0 saturated heterocycles. The van der Waals surface area contributed by atoms with E-state index in [0.717, 1.165) is 0 Å². The molecule has 32 valence electrons. The van der Waals surface area contributed by atoms with Gasteiger partial charge in [-0.1, -0.05) is 0 Å². The second kappa shape index (κ2) is 5.33. The first kappa shape index (κ1) is 9.59. The molecule has 0 aliphatic heterocycles. The molecule has 0 atom stereocenters. The molecule has 0 heterocycles. The van der Waals surface area contributed by atoms with E-state index in [-0.39, 0.29) is 17.4 Å². The van der Waals surface area contributed by atoms with Crippen molar-refractivity contribution in [1.82, 2.24) is 0 Å². The van der Waals surface area contributed by atoms with Crippen molar-refractivity contribution in [3.63, 3.8) is 0 Å². The Morgan fingerprint density at radius 2 is 1.83 bits per heavy atom. The third-order valence-electron chi connectivity index (χ3n) is 0.101. The van der Waals surface area contributed by atoms with Gasteiger partial charge in [0.25, 0.3) is 0 Å². The predicted molar refractivity (Wildman–Crippen MR) is 24.4 cm³/mol. The summed E-state index contributed by atoms with van der Waals surface area (Å²) in [4.78, 5) is 7.87. The molecule has 6 heavy (non-hydrogen) atoms. The van der Waals surface area contributed by atoms with Crippen molar-refractivity contribution < 1.29 is 13.7 Å². The van der Waals surface area contributed by atoms with E-state index in [1.165, 1.54) is 0 Å². The van der Waals surface area contributed by atoms with E-state index in [4.69, 9.17) is 13.7 Å². The van der Waals surface area contributed by atoms with E-state index in [2.05, 4.69) is 0 Å². The Morgan fingerprint density at radius 3 is 1.83 bits per heavy atom. The Morgan fingerprint density at radius 1 is 1.67 bits per heavy atom. The molecule has 0 aromatic rings. The van der Waals surface area contributed by atoms with Gasteiger partial charge in [0.15, 0.2) is 17.4 Å². The molecule has 0 aliphatic rings. The Hall–Kier alpha value is 0.335. The molecule has 0 amide bonds. The maximum absolute atomic E-state index is 9.11. The van der Waals surface area contributed by atoms with Crippen LogP contribution in [0.3, 0.4) is 0 Å². The fourth-order valence-corrected chi connectivity index (χ4v) is 0. The second-order valence-electron chi connectivity index (χ2n) is 0.456. The van der Waals surface area contributed by atoms with Gasteiger partial charge in [0, 0.05) is 0 Å². The summed E-state index contributed by atoms with van der Waals surface area (Å²) in [6, 6.07) is 0. The van der Waals surface area contributed by atoms with Crippen molar-refractivity contribution in [2.45, 2.75) is 0 Å². The molecule has 0 rings (SSSR count). The summed E-state index contributed by atoms with van der Waals surface area (Å²) in [5.41, 5.74) is 0. The molecule has 0 fully saturated rings. The van der Waals surface area contributed by atoms with Gasteiger partial charge in [-0.2, -0.15) is 0 Å². The van der Waals surface area contributed by atoms with Crippen LogP contribution in [0.2, 0.25) is 0 Å². The number of rotatable bonds is 1. The van der Waals surface area contributed by atoms with Crippen molar-refractivity contribution in [3.8, 4) is 0 Å². The molecule has 0 aromatic heterocycles. The number of carboxylic acid groups (broad SMARTS) is 1. The van der Waals surface area contributed by atoms with Crippen molar-refractivity contribution in [2.24, 2.45) is 0 Å². The topological polar surface area (TPSA) is 54.4 Å². The Kier molecular flexibility index (Phi) is 8.53.